The second-order valence-electron chi connectivity index (χ2n) is 8.34. The molecule has 1 heterocycles. The number of aryl methyl sites for hydroxylation is 1. The third-order valence-corrected chi connectivity index (χ3v) is 5.78. The lowest BCUT2D eigenvalue weighted by Gasteiger charge is -2.27. The SMILES string of the molecule is CCC/C=C(\C)N=C(c1c(OC)cc(-c2nccc(C)c2C(F)(F)F)c(F)c1C)N(CC)CC=NC. The second-order valence-corrected chi connectivity index (χ2v) is 8.34. The van der Waals surface area contributed by atoms with Crippen molar-refractivity contribution in [3.63, 3.8) is 0 Å². The minimum atomic E-state index is -4.70. The van der Waals surface area contributed by atoms with Gasteiger partial charge in [0.1, 0.15) is 17.4 Å². The smallest absolute Gasteiger partial charge is 0.418 e. The maximum Gasteiger partial charge on any atom is 0.418 e. The zero-order valence-electron chi connectivity index (χ0n) is 21.9. The van der Waals surface area contributed by atoms with Gasteiger partial charge in [-0.25, -0.2) is 9.38 Å². The highest BCUT2D eigenvalue weighted by atomic mass is 19.4. The van der Waals surface area contributed by atoms with Crippen LogP contribution >= 0.6 is 0 Å². The van der Waals surface area contributed by atoms with Gasteiger partial charge in [-0.1, -0.05) is 19.4 Å². The first-order chi connectivity index (χ1) is 17.0. The fourth-order valence-electron chi connectivity index (χ4n) is 3.89. The summed E-state index contributed by atoms with van der Waals surface area (Å²) in [5.41, 5.74) is -0.535. The van der Waals surface area contributed by atoms with Crippen molar-refractivity contribution in [2.75, 3.05) is 27.2 Å². The van der Waals surface area contributed by atoms with Crippen LogP contribution in [-0.4, -0.2) is 49.2 Å². The van der Waals surface area contributed by atoms with Crippen LogP contribution in [0.1, 0.15) is 55.9 Å². The van der Waals surface area contributed by atoms with Gasteiger partial charge < -0.3 is 9.64 Å². The summed E-state index contributed by atoms with van der Waals surface area (Å²) < 4.78 is 63.2. The number of hydrogen-bond acceptors (Lipinski definition) is 4. The largest absolute Gasteiger partial charge is 0.496 e. The lowest BCUT2D eigenvalue weighted by molar-refractivity contribution is -0.137. The van der Waals surface area contributed by atoms with Gasteiger partial charge in [-0.15, -0.1) is 0 Å². The van der Waals surface area contributed by atoms with Crippen LogP contribution in [0.5, 0.6) is 5.75 Å². The lowest BCUT2D eigenvalue weighted by atomic mass is 9.95. The summed E-state index contributed by atoms with van der Waals surface area (Å²) in [5.74, 6) is -0.151. The summed E-state index contributed by atoms with van der Waals surface area (Å²) in [4.78, 5) is 14.7. The average Bonchev–Trinajstić information content (AvgIpc) is 2.83. The maximum absolute atomic E-state index is 15.9. The van der Waals surface area contributed by atoms with E-state index in [9.17, 15) is 13.2 Å². The van der Waals surface area contributed by atoms with Gasteiger partial charge in [-0.3, -0.25) is 9.98 Å². The van der Waals surface area contributed by atoms with Gasteiger partial charge in [-0.2, -0.15) is 13.2 Å². The Morgan fingerprint density at radius 1 is 1.22 bits per heavy atom. The van der Waals surface area contributed by atoms with Crippen molar-refractivity contribution in [2.45, 2.75) is 53.6 Å². The third kappa shape index (κ3) is 6.50. The fraction of sp³-hybridized carbons (Fsp3) is 0.444. The van der Waals surface area contributed by atoms with Gasteiger partial charge in [0, 0.05) is 42.8 Å². The quantitative estimate of drug-likeness (QED) is 0.209. The molecule has 1 aromatic heterocycles. The standard InChI is InChI=1S/C27H34F4N4O/c1-8-10-11-18(4)34-26(35(9-2)15-14-32-6)22-19(5)24(28)20(16-21(22)36-7)25-23(27(29,30)31)17(3)12-13-33-25/h11-14,16H,8-10,15H2,1-7H3/b18-11+,32-14?,34-26?. The Morgan fingerprint density at radius 3 is 2.47 bits per heavy atom. The Labute approximate surface area is 210 Å². The van der Waals surface area contributed by atoms with E-state index in [4.69, 9.17) is 9.73 Å². The summed E-state index contributed by atoms with van der Waals surface area (Å²) >= 11 is 0. The first-order valence-corrected chi connectivity index (χ1v) is 11.8. The maximum atomic E-state index is 15.9. The molecule has 2 rings (SSSR count). The number of hydrogen-bond donors (Lipinski definition) is 0. The van der Waals surface area contributed by atoms with Crippen molar-refractivity contribution in [1.29, 1.82) is 0 Å². The Hall–Kier alpha value is -3.23. The van der Waals surface area contributed by atoms with E-state index in [2.05, 4.69) is 16.9 Å². The number of nitrogens with zero attached hydrogens (tertiary/aromatic N) is 4. The van der Waals surface area contributed by atoms with Crippen molar-refractivity contribution in [3.8, 4) is 17.0 Å². The number of ether oxygens (including phenoxy) is 1. The molecular weight excluding hydrogens is 472 g/mol. The Bertz CT molecular complexity index is 1150. The van der Waals surface area contributed by atoms with Crippen LogP contribution in [0.2, 0.25) is 0 Å². The number of pyridine rings is 1. The topological polar surface area (TPSA) is 50.1 Å². The predicted octanol–water partition coefficient (Wildman–Crippen LogP) is 7.00. The molecule has 0 fully saturated rings. The van der Waals surface area contributed by atoms with Crippen molar-refractivity contribution in [2.24, 2.45) is 9.98 Å². The van der Waals surface area contributed by atoms with E-state index in [-0.39, 0.29) is 22.4 Å². The number of allylic oxidation sites excluding steroid dienone is 2. The van der Waals surface area contributed by atoms with E-state index in [1.165, 1.54) is 39.3 Å². The normalized spacial score (nSPS) is 13.0. The molecule has 1 aromatic carbocycles. The first-order valence-electron chi connectivity index (χ1n) is 11.8. The molecule has 9 heteroatoms. The van der Waals surface area contributed by atoms with E-state index < -0.39 is 23.3 Å². The summed E-state index contributed by atoms with van der Waals surface area (Å²) in [5, 5.41) is 0. The molecule has 0 unspecified atom stereocenters. The molecule has 0 saturated heterocycles. The summed E-state index contributed by atoms with van der Waals surface area (Å²) in [7, 11) is 3.06. The van der Waals surface area contributed by atoms with Crippen LogP contribution in [0.25, 0.3) is 11.3 Å². The van der Waals surface area contributed by atoms with E-state index >= 15 is 4.39 Å². The summed E-state index contributed by atoms with van der Waals surface area (Å²) in [6.07, 6.45) is 2.01. The minimum absolute atomic E-state index is 0.0393. The zero-order chi connectivity index (χ0) is 27.0. The van der Waals surface area contributed by atoms with Gasteiger partial charge in [0.05, 0.1) is 30.5 Å². The van der Waals surface area contributed by atoms with E-state index in [1.807, 2.05) is 24.8 Å². The molecule has 2 aromatic rings. The molecule has 0 atom stereocenters. The van der Waals surface area contributed by atoms with Gasteiger partial charge in [0.15, 0.2) is 0 Å². The molecule has 5 nitrogen and oxygen atoms in total. The third-order valence-electron chi connectivity index (χ3n) is 5.78. The molecule has 196 valence electrons. The highest BCUT2D eigenvalue weighted by molar-refractivity contribution is 6.04. The van der Waals surface area contributed by atoms with Crippen LogP contribution < -0.4 is 4.74 Å². The number of rotatable bonds is 9. The van der Waals surface area contributed by atoms with Crippen LogP contribution in [-0.2, 0) is 6.18 Å². The highest BCUT2D eigenvalue weighted by Gasteiger charge is 2.37. The monoisotopic (exact) mass is 506 g/mol. The molecule has 0 aliphatic rings. The summed E-state index contributed by atoms with van der Waals surface area (Å²) in [6.45, 7) is 9.64. The minimum Gasteiger partial charge on any atom is -0.496 e. The molecule has 0 amide bonds. The number of alkyl halides is 3. The van der Waals surface area contributed by atoms with Crippen LogP contribution in [0, 0.1) is 19.7 Å². The Kier molecular flexibility index (Phi) is 10.2. The summed E-state index contributed by atoms with van der Waals surface area (Å²) in [6, 6.07) is 2.53. The predicted molar refractivity (Wildman–Crippen MR) is 138 cm³/mol. The second kappa shape index (κ2) is 12.6. The van der Waals surface area contributed by atoms with Gasteiger partial charge in [-0.05, 0) is 51.8 Å². The van der Waals surface area contributed by atoms with E-state index in [0.29, 0.717) is 24.5 Å². The molecule has 0 aliphatic heterocycles. The fourth-order valence-corrected chi connectivity index (χ4v) is 3.89. The lowest BCUT2D eigenvalue weighted by Crippen LogP contribution is -2.34. The Morgan fingerprint density at radius 2 is 1.92 bits per heavy atom. The van der Waals surface area contributed by atoms with Crippen LogP contribution in [0.15, 0.2) is 40.1 Å². The molecule has 0 bridgehead atoms. The number of benzene rings is 1. The number of aromatic nitrogens is 1. The highest BCUT2D eigenvalue weighted by Crippen LogP contribution is 2.41. The molecular formula is C27H34F4N4O. The number of amidine groups is 1. The van der Waals surface area contributed by atoms with Gasteiger partial charge >= 0.3 is 6.18 Å². The zero-order valence-corrected chi connectivity index (χ0v) is 21.9. The van der Waals surface area contributed by atoms with Crippen molar-refractivity contribution in [3.05, 3.63) is 58.2 Å². The number of unbranched alkanes of at least 4 members (excludes halogenated alkanes) is 1. The number of aliphatic imine (C=N–C) groups is 2. The number of methoxy groups -OCH3 is 1. The molecule has 0 N–H and O–H groups in total. The molecule has 0 aliphatic carbocycles. The first kappa shape index (κ1) is 29.0. The van der Waals surface area contributed by atoms with Crippen molar-refractivity contribution in [1.82, 2.24) is 9.88 Å². The van der Waals surface area contributed by atoms with E-state index in [1.54, 1.807) is 13.3 Å². The van der Waals surface area contributed by atoms with Gasteiger partial charge in [0.25, 0.3) is 0 Å². The Balaban J connectivity index is 2.89. The average molecular weight is 507 g/mol. The van der Waals surface area contributed by atoms with Crippen molar-refractivity contribution < 1.29 is 22.3 Å². The number of halogens is 4. The van der Waals surface area contributed by atoms with Crippen molar-refractivity contribution >= 4 is 12.1 Å². The van der Waals surface area contributed by atoms with Gasteiger partial charge in [0.2, 0.25) is 0 Å². The molecule has 0 spiro atoms. The molecule has 36 heavy (non-hydrogen) atoms. The van der Waals surface area contributed by atoms with Crippen LogP contribution in [0.4, 0.5) is 17.6 Å². The molecule has 0 saturated carbocycles. The van der Waals surface area contributed by atoms with E-state index in [0.717, 1.165) is 18.5 Å². The van der Waals surface area contributed by atoms with Crippen LogP contribution in [0.3, 0.4) is 0 Å². The molecule has 0 radical (unpaired) electrons.